The highest BCUT2D eigenvalue weighted by molar-refractivity contribution is 5.97. The van der Waals surface area contributed by atoms with E-state index < -0.39 is 12.7 Å². The highest BCUT2D eigenvalue weighted by Gasteiger charge is 2.32. The van der Waals surface area contributed by atoms with Crippen LogP contribution in [0, 0.1) is 6.92 Å². The van der Waals surface area contributed by atoms with E-state index >= 15 is 0 Å². The van der Waals surface area contributed by atoms with E-state index in [1.807, 2.05) is 43.3 Å². The largest absolute Gasteiger partial charge is 0.481 e. The zero-order chi connectivity index (χ0) is 22.2. The number of carbonyl (C=O) groups is 1. The maximum atomic E-state index is 12.6. The summed E-state index contributed by atoms with van der Waals surface area (Å²) in [4.78, 5) is 16.9. The first-order valence-corrected chi connectivity index (χ1v) is 10.1. The lowest BCUT2D eigenvalue weighted by molar-refractivity contribution is -0.146. The molecule has 4 rings (SSSR count). The number of fused-ring (bicyclic) bond motifs is 1. The van der Waals surface area contributed by atoms with Gasteiger partial charge in [-0.05, 0) is 42.8 Å². The van der Waals surface area contributed by atoms with Crippen molar-refractivity contribution < 1.29 is 22.7 Å². The van der Waals surface area contributed by atoms with E-state index in [2.05, 4.69) is 10.2 Å². The normalized spacial score (nSPS) is 17.4. The van der Waals surface area contributed by atoms with Crippen LogP contribution in [0.15, 0.2) is 36.4 Å². The fraction of sp³-hybridized carbons (Fsp3) is 0.409. The molecule has 2 aromatic carbocycles. The predicted molar refractivity (Wildman–Crippen MR) is 115 cm³/mol. The molecule has 0 aromatic heterocycles. The Balaban J connectivity index is 1.41. The molecule has 0 unspecified atom stereocenters. The maximum Gasteiger partial charge on any atom is 0.401 e. The minimum Gasteiger partial charge on any atom is -0.481 e. The number of aryl methyl sites for hydroxylation is 1. The fourth-order valence-electron chi connectivity index (χ4n) is 3.91. The van der Waals surface area contributed by atoms with E-state index in [0.29, 0.717) is 31.9 Å². The first-order valence-electron chi connectivity index (χ1n) is 10.1. The molecule has 166 valence electrons. The van der Waals surface area contributed by atoms with E-state index in [9.17, 15) is 18.0 Å². The van der Waals surface area contributed by atoms with Gasteiger partial charge in [-0.3, -0.25) is 9.69 Å². The minimum atomic E-state index is -4.15. The van der Waals surface area contributed by atoms with Gasteiger partial charge in [0.2, 0.25) is 0 Å². The van der Waals surface area contributed by atoms with Crippen LogP contribution in [0.1, 0.15) is 5.56 Å². The van der Waals surface area contributed by atoms with E-state index in [1.165, 1.54) is 4.90 Å². The molecule has 1 amide bonds. The van der Waals surface area contributed by atoms with Gasteiger partial charge in [-0.1, -0.05) is 0 Å². The first-order chi connectivity index (χ1) is 14.7. The Labute approximate surface area is 179 Å². The number of hydrogen-bond acceptors (Lipinski definition) is 5. The van der Waals surface area contributed by atoms with Crippen molar-refractivity contribution in [1.82, 2.24) is 4.90 Å². The number of nitrogens with zero attached hydrogens (tertiary/aromatic N) is 3. The number of piperazine rings is 1. The summed E-state index contributed by atoms with van der Waals surface area (Å²) in [6.07, 6.45) is -4.15. The summed E-state index contributed by atoms with van der Waals surface area (Å²) in [6.45, 7) is 3.09. The van der Waals surface area contributed by atoms with E-state index in [4.69, 9.17) is 4.74 Å². The Morgan fingerprint density at radius 3 is 2.48 bits per heavy atom. The molecule has 2 aliphatic heterocycles. The number of anilines is 4. The third-order valence-corrected chi connectivity index (χ3v) is 5.68. The highest BCUT2D eigenvalue weighted by Crippen LogP contribution is 2.35. The van der Waals surface area contributed by atoms with Gasteiger partial charge in [-0.15, -0.1) is 0 Å². The summed E-state index contributed by atoms with van der Waals surface area (Å²) < 4.78 is 43.3. The second-order valence-electron chi connectivity index (χ2n) is 7.93. The van der Waals surface area contributed by atoms with E-state index in [-0.39, 0.29) is 12.5 Å². The molecule has 31 heavy (non-hydrogen) atoms. The second-order valence-corrected chi connectivity index (χ2v) is 7.93. The van der Waals surface area contributed by atoms with Crippen molar-refractivity contribution in [3.05, 3.63) is 42.0 Å². The molecule has 6 nitrogen and oxygen atoms in total. The number of hydrogen-bond donors (Lipinski definition) is 1. The predicted octanol–water partition coefficient (Wildman–Crippen LogP) is 3.78. The molecule has 0 atom stereocenters. The molecule has 1 fully saturated rings. The van der Waals surface area contributed by atoms with Gasteiger partial charge in [-0.2, -0.15) is 13.2 Å². The van der Waals surface area contributed by atoms with Crippen LogP contribution < -0.4 is 19.9 Å². The average molecular weight is 434 g/mol. The summed E-state index contributed by atoms with van der Waals surface area (Å²) in [6, 6.07) is 11.6. The molecule has 0 aliphatic carbocycles. The molecule has 1 saturated heterocycles. The van der Waals surface area contributed by atoms with Gasteiger partial charge in [0.25, 0.3) is 5.91 Å². The Morgan fingerprint density at radius 2 is 1.81 bits per heavy atom. The molecule has 0 bridgehead atoms. The van der Waals surface area contributed by atoms with Gasteiger partial charge in [0.15, 0.2) is 6.61 Å². The summed E-state index contributed by atoms with van der Waals surface area (Å²) in [5, 5.41) is 3.38. The van der Waals surface area contributed by atoms with Crippen molar-refractivity contribution in [3.63, 3.8) is 0 Å². The first kappa shape index (κ1) is 21.3. The number of likely N-dealkylation sites (N-methyl/N-ethyl adjacent to an activating group) is 1. The number of benzene rings is 2. The van der Waals surface area contributed by atoms with Gasteiger partial charge >= 0.3 is 6.18 Å². The molecule has 2 aliphatic rings. The lowest BCUT2D eigenvalue weighted by Crippen LogP contribution is -2.49. The fourth-order valence-corrected chi connectivity index (χ4v) is 3.91. The Bertz CT molecular complexity index is 972. The number of ether oxygens (including phenoxy) is 1. The molecule has 9 heteroatoms. The lowest BCUT2D eigenvalue weighted by Gasteiger charge is -2.36. The topological polar surface area (TPSA) is 48.1 Å². The van der Waals surface area contributed by atoms with Crippen molar-refractivity contribution in [1.29, 1.82) is 0 Å². The van der Waals surface area contributed by atoms with Crippen LogP contribution in [0.25, 0.3) is 0 Å². The van der Waals surface area contributed by atoms with Crippen LogP contribution in [0.5, 0.6) is 5.75 Å². The van der Waals surface area contributed by atoms with Crippen LogP contribution in [-0.4, -0.2) is 63.4 Å². The second kappa shape index (κ2) is 8.30. The van der Waals surface area contributed by atoms with Crippen molar-refractivity contribution in [2.45, 2.75) is 13.1 Å². The smallest absolute Gasteiger partial charge is 0.401 e. The quantitative estimate of drug-likeness (QED) is 0.794. The molecule has 1 N–H and O–H groups in total. The van der Waals surface area contributed by atoms with E-state index in [0.717, 1.165) is 28.3 Å². The monoisotopic (exact) mass is 434 g/mol. The number of nitrogens with one attached hydrogen (secondary N) is 1. The molecule has 0 saturated carbocycles. The van der Waals surface area contributed by atoms with Crippen LogP contribution in [-0.2, 0) is 4.79 Å². The van der Waals surface area contributed by atoms with Crippen LogP contribution in [0.3, 0.4) is 0 Å². The van der Waals surface area contributed by atoms with Gasteiger partial charge in [0, 0.05) is 56.4 Å². The molecular weight excluding hydrogens is 409 g/mol. The van der Waals surface area contributed by atoms with Crippen molar-refractivity contribution in [3.8, 4) is 5.75 Å². The number of carbonyl (C=O) groups excluding carboxylic acids is 1. The van der Waals surface area contributed by atoms with Gasteiger partial charge in [-0.25, -0.2) is 0 Å². The van der Waals surface area contributed by atoms with Gasteiger partial charge < -0.3 is 19.9 Å². The van der Waals surface area contributed by atoms with Crippen molar-refractivity contribution >= 4 is 28.7 Å². The highest BCUT2D eigenvalue weighted by atomic mass is 19.4. The summed E-state index contributed by atoms with van der Waals surface area (Å²) >= 11 is 0. The maximum absolute atomic E-state index is 12.6. The molecule has 0 radical (unpaired) electrons. The summed E-state index contributed by atoms with van der Waals surface area (Å²) in [7, 11) is 1.72. The van der Waals surface area contributed by atoms with Crippen molar-refractivity contribution in [2.75, 3.05) is 61.5 Å². The zero-order valence-corrected chi connectivity index (χ0v) is 17.5. The van der Waals surface area contributed by atoms with Crippen LogP contribution >= 0.6 is 0 Å². The molecule has 2 heterocycles. The molecular formula is C22H25F3N4O2. The summed E-state index contributed by atoms with van der Waals surface area (Å²) in [5.74, 6) is 0.567. The average Bonchev–Trinajstić information content (AvgIpc) is 2.72. The number of halogens is 3. The number of alkyl halides is 3. The number of rotatable bonds is 4. The Hall–Kier alpha value is -2.94. The van der Waals surface area contributed by atoms with E-state index in [1.54, 1.807) is 11.9 Å². The molecule has 0 spiro atoms. The third-order valence-electron chi connectivity index (χ3n) is 5.68. The standard InChI is InChI=1S/C22H25F3N4O2/c1-15-11-17(29-9-7-28(8-10-29)14-22(23,24)25)4-5-18(15)26-16-3-6-19-20(12-16)31-13-21(30)27(19)2/h3-6,11-12,26H,7-10,13-14H2,1-2H3. The van der Waals surface area contributed by atoms with Crippen LogP contribution in [0.4, 0.5) is 35.9 Å². The Kier molecular flexibility index (Phi) is 5.70. The minimum absolute atomic E-state index is 0.0247. The van der Waals surface area contributed by atoms with Crippen LogP contribution in [0.2, 0.25) is 0 Å². The SMILES string of the molecule is Cc1cc(N2CCN(CC(F)(F)F)CC2)ccc1Nc1ccc2c(c1)OCC(=O)N2C. The zero-order valence-electron chi connectivity index (χ0n) is 17.5. The Morgan fingerprint density at radius 1 is 1.06 bits per heavy atom. The lowest BCUT2D eigenvalue weighted by atomic mass is 10.1. The third kappa shape index (κ3) is 4.87. The number of amides is 1. The van der Waals surface area contributed by atoms with Crippen molar-refractivity contribution in [2.24, 2.45) is 0 Å². The van der Waals surface area contributed by atoms with Gasteiger partial charge in [0.05, 0.1) is 12.2 Å². The summed E-state index contributed by atoms with van der Waals surface area (Å²) in [5.41, 5.74) is 4.54. The van der Waals surface area contributed by atoms with Gasteiger partial charge in [0.1, 0.15) is 5.75 Å². The molecule has 2 aromatic rings.